The molecule has 0 aliphatic rings. The Labute approximate surface area is 116 Å². The van der Waals surface area contributed by atoms with Crippen LogP contribution in [-0.2, 0) is 4.79 Å². The van der Waals surface area contributed by atoms with Gasteiger partial charge in [0.1, 0.15) is 11.8 Å². The van der Waals surface area contributed by atoms with Crippen molar-refractivity contribution >= 4 is 27.5 Å². The highest BCUT2D eigenvalue weighted by Crippen LogP contribution is 2.24. The van der Waals surface area contributed by atoms with Gasteiger partial charge in [-0.25, -0.2) is 0 Å². The normalized spacial score (nSPS) is 11.8. The van der Waals surface area contributed by atoms with E-state index in [0.717, 1.165) is 22.3 Å². The van der Waals surface area contributed by atoms with Gasteiger partial charge >= 0.3 is 0 Å². The number of ether oxygens (including phenoxy) is 1. The van der Waals surface area contributed by atoms with E-state index in [-0.39, 0.29) is 11.9 Å². The molecule has 0 spiro atoms. The predicted octanol–water partition coefficient (Wildman–Crippen LogP) is 2.78. The van der Waals surface area contributed by atoms with Gasteiger partial charge in [0.25, 0.3) is 0 Å². The molecule has 1 aromatic carbocycles. The molecule has 100 valence electrons. The number of carbonyl (C=O) groups is 1. The number of benzene rings is 1. The minimum Gasteiger partial charge on any atom is -0.497 e. The van der Waals surface area contributed by atoms with Gasteiger partial charge in [-0.1, -0.05) is 22.9 Å². The average Bonchev–Trinajstić information content (AvgIpc) is 2.34. The molecule has 0 radical (unpaired) electrons. The molecule has 4 nitrogen and oxygen atoms in total. The zero-order valence-electron chi connectivity index (χ0n) is 10.9. The lowest BCUT2D eigenvalue weighted by molar-refractivity contribution is -0.121. The molecule has 0 heterocycles. The van der Waals surface area contributed by atoms with E-state index < -0.39 is 0 Å². The molecule has 1 unspecified atom stereocenters. The first-order valence-electron chi connectivity index (χ1n) is 5.95. The lowest BCUT2D eigenvalue weighted by atomic mass is 10.2. The lowest BCUT2D eigenvalue weighted by Crippen LogP contribution is -2.37. The van der Waals surface area contributed by atoms with E-state index >= 15 is 0 Å². The Hall–Kier alpha value is -1.23. The summed E-state index contributed by atoms with van der Waals surface area (Å²) in [4.78, 5) is 11.7. The van der Waals surface area contributed by atoms with Gasteiger partial charge < -0.3 is 15.4 Å². The van der Waals surface area contributed by atoms with Crippen LogP contribution in [-0.4, -0.2) is 25.6 Å². The third kappa shape index (κ3) is 4.56. The maximum atomic E-state index is 11.7. The Balaban J connectivity index is 2.66. The number of hydrogen-bond acceptors (Lipinski definition) is 3. The number of nitrogens with one attached hydrogen (secondary N) is 2. The quantitative estimate of drug-likeness (QED) is 0.849. The molecule has 1 atom stereocenters. The van der Waals surface area contributed by atoms with Crippen molar-refractivity contribution in [3.8, 4) is 5.75 Å². The fourth-order valence-electron chi connectivity index (χ4n) is 1.48. The number of carbonyl (C=O) groups excluding carboxylic acids is 1. The summed E-state index contributed by atoms with van der Waals surface area (Å²) in [7, 11) is 1.61. The smallest absolute Gasteiger partial charge is 0.242 e. The Morgan fingerprint density at radius 1 is 1.44 bits per heavy atom. The maximum Gasteiger partial charge on any atom is 0.242 e. The van der Waals surface area contributed by atoms with Crippen LogP contribution in [0, 0.1) is 0 Å². The molecule has 0 saturated heterocycles. The molecule has 1 aromatic rings. The Bertz CT molecular complexity index is 410. The summed E-state index contributed by atoms with van der Waals surface area (Å²) in [6.45, 7) is 4.56. The summed E-state index contributed by atoms with van der Waals surface area (Å²) in [5.41, 5.74) is 0.848. The van der Waals surface area contributed by atoms with Crippen molar-refractivity contribution in [3.05, 3.63) is 22.7 Å². The van der Waals surface area contributed by atoms with Gasteiger partial charge in [0.05, 0.1) is 7.11 Å². The Morgan fingerprint density at radius 2 is 2.17 bits per heavy atom. The number of amides is 1. The Kier molecular flexibility index (Phi) is 5.98. The van der Waals surface area contributed by atoms with Gasteiger partial charge in [0, 0.05) is 22.8 Å². The van der Waals surface area contributed by atoms with Crippen LogP contribution < -0.4 is 15.4 Å². The van der Waals surface area contributed by atoms with Crippen LogP contribution in [0.5, 0.6) is 5.75 Å². The summed E-state index contributed by atoms with van der Waals surface area (Å²) in [5, 5.41) is 6.00. The van der Waals surface area contributed by atoms with Gasteiger partial charge in [0.2, 0.25) is 5.91 Å². The number of rotatable bonds is 6. The van der Waals surface area contributed by atoms with Crippen LogP contribution in [0.2, 0.25) is 0 Å². The lowest BCUT2D eigenvalue weighted by Gasteiger charge is -2.16. The molecule has 1 amide bonds. The van der Waals surface area contributed by atoms with Crippen molar-refractivity contribution in [1.82, 2.24) is 5.32 Å². The van der Waals surface area contributed by atoms with Crippen LogP contribution in [0.15, 0.2) is 22.7 Å². The molecule has 0 bridgehead atoms. The molecule has 0 aromatic heterocycles. The topological polar surface area (TPSA) is 50.4 Å². The number of methoxy groups -OCH3 is 1. The first-order valence-corrected chi connectivity index (χ1v) is 6.75. The van der Waals surface area contributed by atoms with E-state index in [2.05, 4.69) is 26.6 Å². The van der Waals surface area contributed by atoms with Crippen molar-refractivity contribution in [3.63, 3.8) is 0 Å². The fraction of sp³-hybridized carbons (Fsp3) is 0.462. The van der Waals surface area contributed by atoms with Gasteiger partial charge in [-0.15, -0.1) is 0 Å². The standard InChI is InChI=1S/C13H19BrN2O2/c1-4-5-15-13(17)9(2)16-11-6-10(14)7-12(8-11)18-3/h6-9,16H,4-5H2,1-3H3,(H,15,17). The number of halogens is 1. The van der Waals surface area contributed by atoms with Crippen molar-refractivity contribution in [2.45, 2.75) is 26.3 Å². The monoisotopic (exact) mass is 314 g/mol. The number of hydrogen-bond donors (Lipinski definition) is 2. The highest BCUT2D eigenvalue weighted by molar-refractivity contribution is 9.10. The second-order valence-corrected chi connectivity index (χ2v) is 4.95. The van der Waals surface area contributed by atoms with Gasteiger partial charge in [-0.3, -0.25) is 4.79 Å². The van der Waals surface area contributed by atoms with Crippen LogP contribution in [0.25, 0.3) is 0 Å². The number of anilines is 1. The molecular weight excluding hydrogens is 296 g/mol. The Morgan fingerprint density at radius 3 is 2.78 bits per heavy atom. The molecule has 2 N–H and O–H groups in total. The summed E-state index contributed by atoms with van der Waals surface area (Å²) in [5.74, 6) is 0.740. The van der Waals surface area contributed by atoms with Gasteiger partial charge in [-0.2, -0.15) is 0 Å². The predicted molar refractivity (Wildman–Crippen MR) is 77.1 cm³/mol. The summed E-state index contributed by atoms with van der Waals surface area (Å²) in [6.07, 6.45) is 0.934. The third-order valence-corrected chi connectivity index (χ3v) is 2.89. The molecule has 18 heavy (non-hydrogen) atoms. The van der Waals surface area contributed by atoms with E-state index in [4.69, 9.17) is 4.74 Å². The van der Waals surface area contributed by atoms with Crippen LogP contribution in [0.4, 0.5) is 5.69 Å². The third-order valence-electron chi connectivity index (χ3n) is 2.43. The first-order chi connectivity index (χ1) is 8.56. The largest absolute Gasteiger partial charge is 0.497 e. The highest BCUT2D eigenvalue weighted by Gasteiger charge is 2.12. The maximum absolute atomic E-state index is 11.7. The van der Waals surface area contributed by atoms with Crippen LogP contribution >= 0.6 is 15.9 Å². The SMILES string of the molecule is CCCNC(=O)C(C)Nc1cc(Br)cc(OC)c1. The highest BCUT2D eigenvalue weighted by atomic mass is 79.9. The summed E-state index contributed by atoms with van der Waals surface area (Å²) >= 11 is 3.40. The molecule has 0 aliphatic carbocycles. The summed E-state index contributed by atoms with van der Waals surface area (Å²) in [6, 6.07) is 5.35. The van der Waals surface area contributed by atoms with Gasteiger partial charge in [-0.05, 0) is 25.5 Å². The fourth-order valence-corrected chi connectivity index (χ4v) is 1.95. The van der Waals surface area contributed by atoms with Crippen molar-refractivity contribution < 1.29 is 9.53 Å². The average molecular weight is 315 g/mol. The van der Waals surface area contributed by atoms with E-state index in [1.807, 2.05) is 32.0 Å². The van der Waals surface area contributed by atoms with E-state index in [1.165, 1.54) is 0 Å². The molecule has 0 saturated carbocycles. The molecule has 0 fully saturated rings. The van der Waals surface area contributed by atoms with E-state index in [9.17, 15) is 4.79 Å². The minimum absolute atomic E-state index is 0.00390. The van der Waals surface area contributed by atoms with E-state index in [0.29, 0.717) is 6.54 Å². The van der Waals surface area contributed by atoms with Gasteiger partial charge in [0.15, 0.2) is 0 Å². The zero-order valence-corrected chi connectivity index (χ0v) is 12.5. The zero-order chi connectivity index (χ0) is 13.5. The first kappa shape index (κ1) is 14.8. The van der Waals surface area contributed by atoms with E-state index in [1.54, 1.807) is 7.11 Å². The van der Waals surface area contributed by atoms with Crippen molar-refractivity contribution in [2.24, 2.45) is 0 Å². The van der Waals surface area contributed by atoms with Crippen LogP contribution in [0.3, 0.4) is 0 Å². The van der Waals surface area contributed by atoms with Crippen LogP contribution in [0.1, 0.15) is 20.3 Å². The molecule has 5 heteroatoms. The summed E-state index contributed by atoms with van der Waals surface area (Å²) < 4.78 is 6.08. The van der Waals surface area contributed by atoms with Crippen molar-refractivity contribution in [2.75, 3.05) is 19.0 Å². The molecular formula is C13H19BrN2O2. The second kappa shape index (κ2) is 7.26. The molecule has 1 rings (SSSR count). The second-order valence-electron chi connectivity index (χ2n) is 4.04. The van der Waals surface area contributed by atoms with Crippen molar-refractivity contribution in [1.29, 1.82) is 0 Å². The minimum atomic E-state index is -0.282. The molecule has 0 aliphatic heterocycles.